The van der Waals surface area contributed by atoms with Crippen molar-refractivity contribution in [3.63, 3.8) is 0 Å². The van der Waals surface area contributed by atoms with Gasteiger partial charge in [-0.05, 0) is 62.5 Å². The lowest BCUT2D eigenvalue weighted by molar-refractivity contribution is 0.0963. The Morgan fingerprint density at radius 2 is 2.00 bits per heavy atom. The van der Waals surface area contributed by atoms with Crippen molar-refractivity contribution >= 4 is 28.3 Å². The maximum Gasteiger partial charge on any atom is 0.251 e. The fourth-order valence-corrected chi connectivity index (χ4v) is 3.63. The molecule has 3 N–H and O–H groups in total. The number of rotatable bonds is 6. The summed E-state index contributed by atoms with van der Waals surface area (Å²) >= 11 is 0. The number of piperidine rings is 1. The van der Waals surface area contributed by atoms with Crippen LogP contribution in [0.3, 0.4) is 0 Å². The molecule has 1 aliphatic heterocycles. The Labute approximate surface area is 143 Å². The van der Waals surface area contributed by atoms with Gasteiger partial charge >= 0.3 is 0 Å². The molecule has 2 rings (SSSR count). The number of carbonyl (C=O) groups excluding carboxylic acids is 1. The van der Waals surface area contributed by atoms with E-state index in [-0.39, 0.29) is 23.2 Å². The highest BCUT2D eigenvalue weighted by molar-refractivity contribution is 7.89. The highest BCUT2D eigenvalue weighted by Crippen LogP contribution is 2.14. The minimum atomic E-state index is -3.51. The molecule has 6 nitrogen and oxygen atoms in total. The molecule has 1 aromatic rings. The number of hydrogen-bond donors (Lipinski definition) is 3. The normalized spacial score (nSPS) is 18.0. The first-order valence-electron chi connectivity index (χ1n) is 7.55. The number of carbonyl (C=O) groups is 1. The second-order valence-corrected chi connectivity index (χ2v) is 7.27. The number of hydrogen-bond acceptors (Lipinski definition) is 4. The molecule has 1 saturated heterocycles. The molecule has 1 heterocycles. The maximum atomic E-state index is 12.2. The lowest BCUT2D eigenvalue weighted by Gasteiger charge is -2.22. The molecular formula is C15H24ClN3O3S. The predicted octanol–water partition coefficient (Wildman–Crippen LogP) is 1.14. The van der Waals surface area contributed by atoms with Crippen LogP contribution in [0.1, 0.15) is 29.6 Å². The number of halogens is 1. The quantitative estimate of drug-likeness (QED) is 0.709. The second-order valence-electron chi connectivity index (χ2n) is 5.50. The molecule has 130 valence electrons. The van der Waals surface area contributed by atoms with Crippen LogP contribution in [0.25, 0.3) is 0 Å². The number of nitrogens with one attached hydrogen (secondary N) is 3. The average Bonchev–Trinajstić information content (AvgIpc) is 2.55. The molecule has 8 heteroatoms. The van der Waals surface area contributed by atoms with Crippen LogP contribution in [0.2, 0.25) is 0 Å². The molecule has 0 aromatic heterocycles. The number of sulfonamides is 1. The molecule has 1 aromatic carbocycles. The van der Waals surface area contributed by atoms with Crippen LogP contribution in [-0.4, -0.2) is 41.0 Å². The van der Waals surface area contributed by atoms with Crippen molar-refractivity contribution in [3.8, 4) is 0 Å². The zero-order valence-corrected chi connectivity index (χ0v) is 14.8. The summed E-state index contributed by atoms with van der Waals surface area (Å²) in [6.07, 6.45) is 3.14. The van der Waals surface area contributed by atoms with E-state index >= 15 is 0 Å². The lowest BCUT2D eigenvalue weighted by atomic mass is 9.96. The van der Waals surface area contributed by atoms with E-state index in [4.69, 9.17) is 0 Å². The van der Waals surface area contributed by atoms with Crippen molar-refractivity contribution in [1.29, 1.82) is 0 Å². The predicted molar refractivity (Wildman–Crippen MR) is 92.5 cm³/mol. The first-order valence-corrected chi connectivity index (χ1v) is 9.04. The standard InChI is InChI=1S/C15H23N3O3S.ClH/c1-16-15(19)13-4-6-14(7-5-13)22(20,21)18-10-8-12-3-2-9-17-11-12;/h4-7,12,17-18H,2-3,8-11H2,1H3,(H,16,19);1H. The summed E-state index contributed by atoms with van der Waals surface area (Å²) in [5, 5.41) is 5.82. The lowest BCUT2D eigenvalue weighted by Crippen LogP contribution is -2.33. The molecule has 1 atom stereocenters. The van der Waals surface area contributed by atoms with Gasteiger partial charge in [0.05, 0.1) is 4.90 Å². The molecule has 0 spiro atoms. The molecule has 23 heavy (non-hydrogen) atoms. The van der Waals surface area contributed by atoms with Crippen molar-refractivity contribution in [1.82, 2.24) is 15.4 Å². The third kappa shape index (κ3) is 5.76. The molecule has 1 fully saturated rings. The number of amides is 1. The van der Waals surface area contributed by atoms with Crippen molar-refractivity contribution in [2.75, 3.05) is 26.7 Å². The van der Waals surface area contributed by atoms with Gasteiger partial charge in [0.15, 0.2) is 0 Å². The maximum absolute atomic E-state index is 12.2. The molecule has 0 aliphatic carbocycles. The molecule has 0 saturated carbocycles. The van der Waals surface area contributed by atoms with Crippen molar-refractivity contribution in [2.45, 2.75) is 24.2 Å². The van der Waals surface area contributed by atoms with Crippen LogP contribution >= 0.6 is 12.4 Å². The van der Waals surface area contributed by atoms with E-state index < -0.39 is 10.0 Å². The van der Waals surface area contributed by atoms with Crippen LogP contribution in [-0.2, 0) is 10.0 Å². The molecular weight excluding hydrogens is 338 g/mol. The van der Waals surface area contributed by atoms with E-state index in [1.165, 1.54) is 31.3 Å². The first-order chi connectivity index (χ1) is 10.5. The Bertz CT molecular complexity index is 599. The van der Waals surface area contributed by atoms with Crippen LogP contribution in [0.5, 0.6) is 0 Å². The minimum absolute atomic E-state index is 0. The Hall–Kier alpha value is -1.15. The summed E-state index contributed by atoms with van der Waals surface area (Å²) in [6.45, 7) is 2.45. The van der Waals surface area contributed by atoms with E-state index in [1.807, 2.05) is 0 Å². The SMILES string of the molecule is CNC(=O)c1ccc(S(=O)(=O)NCCC2CCCNC2)cc1.Cl. The molecule has 0 bridgehead atoms. The van der Waals surface area contributed by atoms with Gasteiger partial charge in [0.1, 0.15) is 0 Å². The van der Waals surface area contributed by atoms with Crippen LogP contribution in [0.15, 0.2) is 29.2 Å². The Morgan fingerprint density at radius 3 is 2.57 bits per heavy atom. The van der Waals surface area contributed by atoms with E-state index in [9.17, 15) is 13.2 Å². The zero-order chi connectivity index (χ0) is 16.0. The molecule has 0 radical (unpaired) electrons. The zero-order valence-electron chi connectivity index (χ0n) is 13.2. The summed E-state index contributed by atoms with van der Waals surface area (Å²) in [5.74, 6) is 0.300. The van der Waals surface area contributed by atoms with E-state index in [1.54, 1.807) is 0 Å². The monoisotopic (exact) mass is 361 g/mol. The van der Waals surface area contributed by atoms with Gasteiger partial charge in [0.2, 0.25) is 10.0 Å². The summed E-state index contributed by atoms with van der Waals surface area (Å²) in [7, 11) is -1.98. The van der Waals surface area contributed by atoms with Gasteiger partial charge < -0.3 is 10.6 Å². The Balaban J connectivity index is 0.00000264. The minimum Gasteiger partial charge on any atom is -0.355 e. The van der Waals surface area contributed by atoms with E-state index in [2.05, 4.69) is 15.4 Å². The third-order valence-electron chi connectivity index (χ3n) is 3.90. The van der Waals surface area contributed by atoms with Gasteiger partial charge in [-0.25, -0.2) is 13.1 Å². The number of benzene rings is 1. The summed E-state index contributed by atoms with van der Waals surface area (Å²) in [6, 6.07) is 5.93. The largest absolute Gasteiger partial charge is 0.355 e. The first kappa shape index (κ1) is 19.9. The smallest absolute Gasteiger partial charge is 0.251 e. The van der Waals surface area contributed by atoms with Gasteiger partial charge in [0.25, 0.3) is 5.91 Å². The highest BCUT2D eigenvalue weighted by atomic mass is 35.5. The van der Waals surface area contributed by atoms with Gasteiger partial charge in [-0.2, -0.15) is 0 Å². The van der Waals surface area contributed by atoms with Crippen LogP contribution in [0, 0.1) is 5.92 Å². The van der Waals surface area contributed by atoms with Crippen LogP contribution < -0.4 is 15.4 Å². The molecule has 1 aliphatic rings. The topological polar surface area (TPSA) is 87.3 Å². The highest BCUT2D eigenvalue weighted by Gasteiger charge is 2.17. The average molecular weight is 362 g/mol. The van der Waals surface area contributed by atoms with Gasteiger partial charge in [-0.15, -0.1) is 12.4 Å². The van der Waals surface area contributed by atoms with E-state index in [0.29, 0.717) is 18.0 Å². The third-order valence-corrected chi connectivity index (χ3v) is 5.37. The van der Waals surface area contributed by atoms with Crippen molar-refractivity contribution in [2.24, 2.45) is 5.92 Å². The summed E-state index contributed by atoms with van der Waals surface area (Å²) < 4.78 is 27.0. The Morgan fingerprint density at radius 1 is 1.30 bits per heavy atom. The van der Waals surface area contributed by atoms with Crippen LogP contribution in [0.4, 0.5) is 0 Å². The summed E-state index contributed by atoms with van der Waals surface area (Å²) in [4.78, 5) is 11.6. The van der Waals surface area contributed by atoms with Gasteiger partial charge in [-0.3, -0.25) is 4.79 Å². The van der Waals surface area contributed by atoms with Crippen molar-refractivity contribution < 1.29 is 13.2 Å². The van der Waals surface area contributed by atoms with Gasteiger partial charge in [0, 0.05) is 19.2 Å². The van der Waals surface area contributed by atoms with Crippen molar-refractivity contribution in [3.05, 3.63) is 29.8 Å². The van der Waals surface area contributed by atoms with Gasteiger partial charge in [-0.1, -0.05) is 0 Å². The Kier molecular flexibility index (Phi) is 7.98. The molecule has 1 amide bonds. The summed E-state index contributed by atoms with van der Waals surface area (Å²) in [5.41, 5.74) is 0.440. The second kappa shape index (κ2) is 9.22. The van der Waals surface area contributed by atoms with E-state index in [0.717, 1.165) is 32.4 Å². The fraction of sp³-hybridized carbons (Fsp3) is 0.533. The fourth-order valence-electron chi connectivity index (χ4n) is 2.58. The molecule has 1 unspecified atom stereocenters.